The van der Waals surface area contributed by atoms with E-state index in [4.69, 9.17) is 0 Å². The standard InChI is InChI=1S/C11H21N5/c1-3-4-9(8-12-10-5-6-10)7-11-13-15-16(2)14-11/h9-10,12H,3-8H2,1-2H3. The molecule has 0 amide bonds. The summed E-state index contributed by atoms with van der Waals surface area (Å²) >= 11 is 0. The van der Waals surface area contributed by atoms with Crippen LogP contribution in [0.25, 0.3) is 0 Å². The highest BCUT2D eigenvalue weighted by molar-refractivity contribution is 4.85. The molecular weight excluding hydrogens is 202 g/mol. The summed E-state index contributed by atoms with van der Waals surface area (Å²) in [7, 11) is 1.81. The number of nitrogens with zero attached hydrogens (tertiary/aromatic N) is 4. The van der Waals surface area contributed by atoms with Gasteiger partial charge in [0.05, 0.1) is 7.05 Å². The van der Waals surface area contributed by atoms with E-state index in [2.05, 4.69) is 27.7 Å². The van der Waals surface area contributed by atoms with E-state index in [1.807, 2.05) is 7.05 Å². The largest absolute Gasteiger partial charge is 0.314 e. The fourth-order valence-corrected chi connectivity index (χ4v) is 1.97. The van der Waals surface area contributed by atoms with Gasteiger partial charge in [-0.15, -0.1) is 10.2 Å². The first kappa shape index (κ1) is 11.5. The van der Waals surface area contributed by atoms with Crippen LogP contribution in [-0.4, -0.2) is 32.8 Å². The Morgan fingerprint density at radius 3 is 2.88 bits per heavy atom. The van der Waals surface area contributed by atoms with Gasteiger partial charge in [0.1, 0.15) is 0 Å². The Hall–Kier alpha value is -0.970. The van der Waals surface area contributed by atoms with Crippen molar-refractivity contribution in [2.24, 2.45) is 13.0 Å². The third-order valence-electron chi connectivity index (χ3n) is 2.99. The maximum atomic E-state index is 4.24. The van der Waals surface area contributed by atoms with Crippen molar-refractivity contribution < 1.29 is 0 Å². The van der Waals surface area contributed by atoms with Gasteiger partial charge in [-0.3, -0.25) is 0 Å². The zero-order valence-corrected chi connectivity index (χ0v) is 10.2. The van der Waals surface area contributed by atoms with Crippen molar-refractivity contribution in [1.82, 2.24) is 25.5 Å². The highest BCUT2D eigenvalue weighted by Gasteiger charge is 2.22. The molecule has 0 radical (unpaired) electrons. The number of nitrogens with one attached hydrogen (secondary N) is 1. The molecule has 1 unspecified atom stereocenters. The molecule has 1 aromatic heterocycles. The minimum absolute atomic E-state index is 0.648. The maximum absolute atomic E-state index is 4.24. The smallest absolute Gasteiger partial charge is 0.175 e. The highest BCUT2D eigenvalue weighted by atomic mass is 15.6. The van der Waals surface area contributed by atoms with E-state index in [9.17, 15) is 0 Å². The molecule has 1 aliphatic carbocycles. The molecule has 1 heterocycles. The molecular formula is C11H21N5. The van der Waals surface area contributed by atoms with Gasteiger partial charge in [0, 0.05) is 12.5 Å². The lowest BCUT2D eigenvalue weighted by Crippen LogP contribution is -2.26. The van der Waals surface area contributed by atoms with E-state index < -0.39 is 0 Å². The number of aryl methyl sites for hydroxylation is 1. The van der Waals surface area contributed by atoms with Crippen LogP contribution in [0.4, 0.5) is 0 Å². The van der Waals surface area contributed by atoms with Gasteiger partial charge in [0.2, 0.25) is 0 Å². The Morgan fingerprint density at radius 1 is 1.50 bits per heavy atom. The highest BCUT2D eigenvalue weighted by Crippen LogP contribution is 2.20. The number of hydrogen-bond acceptors (Lipinski definition) is 4. The van der Waals surface area contributed by atoms with Gasteiger partial charge in [-0.05, 0) is 36.9 Å². The third kappa shape index (κ3) is 3.56. The van der Waals surface area contributed by atoms with Crippen molar-refractivity contribution in [3.63, 3.8) is 0 Å². The average molecular weight is 223 g/mol. The second kappa shape index (κ2) is 5.39. The lowest BCUT2D eigenvalue weighted by atomic mass is 9.99. The van der Waals surface area contributed by atoms with E-state index >= 15 is 0 Å². The van der Waals surface area contributed by atoms with E-state index in [0.29, 0.717) is 5.92 Å². The van der Waals surface area contributed by atoms with Crippen molar-refractivity contribution >= 4 is 0 Å². The number of hydrogen-bond donors (Lipinski definition) is 1. The second-order valence-corrected chi connectivity index (χ2v) is 4.74. The summed E-state index contributed by atoms with van der Waals surface area (Å²) in [6.07, 6.45) is 6.10. The van der Waals surface area contributed by atoms with Crippen molar-refractivity contribution in [2.45, 2.75) is 45.1 Å². The Balaban J connectivity index is 1.80. The average Bonchev–Trinajstić information content (AvgIpc) is 3.00. The summed E-state index contributed by atoms with van der Waals surface area (Å²) in [6.45, 7) is 3.32. The van der Waals surface area contributed by atoms with Crippen LogP contribution in [0.2, 0.25) is 0 Å². The van der Waals surface area contributed by atoms with Crippen LogP contribution in [0.1, 0.15) is 38.4 Å². The van der Waals surface area contributed by atoms with E-state index in [1.165, 1.54) is 30.5 Å². The lowest BCUT2D eigenvalue weighted by Gasteiger charge is -2.14. The topological polar surface area (TPSA) is 55.6 Å². The van der Waals surface area contributed by atoms with Crippen LogP contribution in [0.3, 0.4) is 0 Å². The van der Waals surface area contributed by atoms with Gasteiger partial charge in [0.15, 0.2) is 5.82 Å². The zero-order chi connectivity index (χ0) is 11.4. The molecule has 5 heteroatoms. The molecule has 16 heavy (non-hydrogen) atoms. The van der Waals surface area contributed by atoms with E-state index in [-0.39, 0.29) is 0 Å². The molecule has 1 aliphatic rings. The zero-order valence-electron chi connectivity index (χ0n) is 10.2. The van der Waals surface area contributed by atoms with Crippen molar-refractivity contribution in [3.8, 4) is 0 Å². The summed E-state index contributed by atoms with van der Waals surface area (Å²) < 4.78 is 0. The summed E-state index contributed by atoms with van der Waals surface area (Å²) in [5, 5.41) is 15.8. The van der Waals surface area contributed by atoms with Crippen LogP contribution in [0.5, 0.6) is 0 Å². The molecule has 0 bridgehead atoms. The fourth-order valence-electron chi connectivity index (χ4n) is 1.97. The molecule has 0 spiro atoms. The summed E-state index contributed by atoms with van der Waals surface area (Å²) in [4.78, 5) is 1.53. The van der Waals surface area contributed by atoms with E-state index in [1.54, 1.807) is 0 Å². The first-order chi connectivity index (χ1) is 7.78. The molecule has 0 aliphatic heterocycles. The Bertz CT molecular complexity index is 318. The van der Waals surface area contributed by atoms with Crippen molar-refractivity contribution in [2.75, 3.05) is 6.54 Å². The molecule has 90 valence electrons. The molecule has 0 aromatic carbocycles. The molecule has 5 nitrogen and oxygen atoms in total. The van der Waals surface area contributed by atoms with Crippen molar-refractivity contribution in [3.05, 3.63) is 5.82 Å². The minimum atomic E-state index is 0.648. The maximum Gasteiger partial charge on any atom is 0.175 e. The van der Waals surface area contributed by atoms with Crippen LogP contribution >= 0.6 is 0 Å². The van der Waals surface area contributed by atoms with Gasteiger partial charge in [0.25, 0.3) is 0 Å². The summed E-state index contributed by atoms with van der Waals surface area (Å²) in [6, 6.07) is 0.786. The van der Waals surface area contributed by atoms with Crippen LogP contribution in [0, 0.1) is 5.92 Å². The van der Waals surface area contributed by atoms with Gasteiger partial charge in [-0.2, -0.15) is 4.80 Å². The van der Waals surface area contributed by atoms with Gasteiger partial charge in [-0.1, -0.05) is 13.3 Å². The summed E-state index contributed by atoms with van der Waals surface area (Å²) in [5.74, 6) is 1.52. The molecule has 1 saturated carbocycles. The lowest BCUT2D eigenvalue weighted by molar-refractivity contribution is 0.428. The number of aromatic nitrogens is 4. The molecule has 1 fully saturated rings. The van der Waals surface area contributed by atoms with E-state index in [0.717, 1.165) is 24.8 Å². The molecule has 2 rings (SSSR count). The predicted octanol–water partition coefficient (Wildman–Crippen LogP) is 0.921. The molecule has 0 saturated heterocycles. The Labute approximate surface area is 96.6 Å². The first-order valence-corrected chi connectivity index (χ1v) is 6.24. The van der Waals surface area contributed by atoms with Crippen LogP contribution < -0.4 is 5.32 Å². The van der Waals surface area contributed by atoms with Crippen LogP contribution in [0.15, 0.2) is 0 Å². The SMILES string of the molecule is CCCC(CNC1CC1)Cc1nnn(C)n1. The fraction of sp³-hybridized carbons (Fsp3) is 0.909. The van der Waals surface area contributed by atoms with Gasteiger partial charge in [-0.25, -0.2) is 0 Å². The number of rotatable bonds is 7. The Kier molecular flexibility index (Phi) is 3.88. The Morgan fingerprint density at radius 2 is 2.31 bits per heavy atom. The first-order valence-electron chi connectivity index (χ1n) is 6.24. The number of tetrazole rings is 1. The van der Waals surface area contributed by atoms with Crippen LogP contribution in [-0.2, 0) is 13.5 Å². The van der Waals surface area contributed by atoms with Gasteiger partial charge >= 0.3 is 0 Å². The normalized spacial score (nSPS) is 17.6. The third-order valence-corrected chi connectivity index (χ3v) is 2.99. The summed E-state index contributed by atoms with van der Waals surface area (Å²) in [5.41, 5.74) is 0. The second-order valence-electron chi connectivity index (χ2n) is 4.74. The predicted molar refractivity (Wildman–Crippen MR) is 61.9 cm³/mol. The molecule has 1 aromatic rings. The van der Waals surface area contributed by atoms with Crippen molar-refractivity contribution in [1.29, 1.82) is 0 Å². The quantitative estimate of drug-likeness (QED) is 0.747. The minimum Gasteiger partial charge on any atom is -0.314 e. The molecule has 1 N–H and O–H groups in total. The molecule has 1 atom stereocenters. The monoisotopic (exact) mass is 223 g/mol. The van der Waals surface area contributed by atoms with Gasteiger partial charge < -0.3 is 5.32 Å².